The van der Waals surface area contributed by atoms with Gasteiger partial charge in [-0.1, -0.05) is 59.4 Å². The minimum absolute atomic E-state index is 0.104. The van der Waals surface area contributed by atoms with Crippen molar-refractivity contribution in [2.75, 3.05) is 6.61 Å². The molecule has 3 aromatic carbocycles. The van der Waals surface area contributed by atoms with Crippen LogP contribution in [-0.2, 0) is 0 Å². The molecular weight excluding hydrogens is 500 g/mol. The molecule has 0 radical (unpaired) electrons. The summed E-state index contributed by atoms with van der Waals surface area (Å²) >= 11 is 9.72. The third-order valence-corrected chi connectivity index (χ3v) is 6.86. The molecule has 3 aromatic rings. The molecule has 0 aromatic heterocycles. The quantitative estimate of drug-likeness (QED) is 0.294. The molecule has 4 nitrogen and oxygen atoms in total. The third kappa shape index (κ3) is 4.75. The SMILES string of the molecule is CCCCCOc1ccc([C@@H]2Oc3ccc(Br)cc3[C@H]3CC(c4ccc(Cl)cc4)=NN32)cc1. The Morgan fingerprint density at radius 1 is 1.06 bits per heavy atom. The van der Waals surface area contributed by atoms with Crippen LogP contribution < -0.4 is 9.47 Å². The van der Waals surface area contributed by atoms with Gasteiger partial charge < -0.3 is 9.47 Å². The molecule has 0 saturated carbocycles. The van der Waals surface area contributed by atoms with Gasteiger partial charge in [0, 0.05) is 27.0 Å². The van der Waals surface area contributed by atoms with E-state index in [2.05, 4.69) is 46.1 Å². The molecule has 0 bridgehead atoms. The Kier molecular flexibility index (Phi) is 6.61. The Labute approximate surface area is 208 Å². The largest absolute Gasteiger partial charge is 0.494 e. The Balaban J connectivity index is 1.44. The third-order valence-electron chi connectivity index (χ3n) is 6.11. The molecule has 0 saturated heterocycles. The van der Waals surface area contributed by atoms with Crippen LogP contribution in [0.4, 0.5) is 0 Å². The number of fused-ring (bicyclic) bond motifs is 3. The average molecular weight is 526 g/mol. The number of hydrogen-bond donors (Lipinski definition) is 0. The fourth-order valence-electron chi connectivity index (χ4n) is 4.37. The molecule has 33 heavy (non-hydrogen) atoms. The Bertz CT molecular complexity index is 1150. The monoisotopic (exact) mass is 524 g/mol. The molecule has 0 aliphatic carbocycles. The topological polar surface area (TPSA) is 34.1 Å². The second-order valence-electron chi connectivity index (χ2n) is 8.43. The van der Waals surface area contributed by atoms with Crippen molar-refractivity contribution in [2.45, 2.75) is 44.9 Å². The van der Waals surface area contributed by atoms with Gasteiger partial charge in [-0.25, -0.2) is 5.01 Å². The zero-order valence-corrected chi connectivity index (χ0v) is 20.8. The normalized spacial score (nSPS) is 18.9. The minimum Gasteiger partial charge on any atom is -0.494 e. The summed E-state index contributed by atoms with van der Waals surface area (Å²) in [5.74, 6) is 1.79. The van der Waals surface area contributed by atoms with Crippen LogP contribution in [0.1, 0.15) is 61.6 Å². The summed E-state index contributed by atoms with van der Waals surface area (Å²) in [5.41, 5.74) is 4.31. The van der Waals surface area contributed by atoms with Gasteiger partial charge in [-0.2, -0.15) is 5.10 Å². The lowest BCUT2D eigenvalue weighted by Crippen LogP contribution is -2.33. The first-order valence-electron chi connectivity index (χ1n) is 11.4. The highest BCUT2D eigenvalue weighted by Gasteiger charge is 2.41. The maximum Gasteiger partial charge on any atom is 0.213 e. The van der Waals surface area contributed by atoms with E-state index in [1.165, 1.54) is 12.8 Å². The van der Waals surface area contributed by atoms with Crippen molar-refractivity contribution in [3.8, 4) is 11.5 Å². The van der Waals surface area contributed by atoms with Crippen molar-refractivity contribution in [3.63, 3.8) is 0 Å². The van der Waals surface area contributed by atoms with Crippen molar-refractivity contribution in [3.05, 3.63) is 92.9 Å². The lowest BCUT2D eigenvalue weighted by Gasteiger charge is -2.38. The van der Waals surface area contributed by atoms with Crippen LogP contribution in [0.15, 0.2) is 76.3 Å². The van der Waals surface area contributed by atoms with E-state index in [1.807, 2.05) is 48.5 Å². The average Bonchev–Trinajstić information content (AvgIpc) is 3.28. The molecular formula is C27H26BrClN2O2. The van der Waals surface area contributed by atoms with E-state index < -0.39 is 0 Å². The molecule has 0 spiro atoms. The summed E-state index contributed by atoms with van der Waals surface area (Å²) in [6.45, 7) is 2.95. The number of ether oxygens (including phenoxy) is 2. The van der Waals surface area contributed by atoms with Crippen molar-refractivity contribution >= 4 is 33.2 Å². The molecule has 2 heterocycles. The van der Waals surface area contributed by atoms with Crippen molar-refractivity contribution < 1.29 is 9.47 Å². The molecule has 0 amide bonds. The Morgan fingerprint density at radius 3 is 2.61 bits per heavy atom. The summed E-state index contributed by atoms with van der Waals surface area (Å²) in [7, 11) is 0. The van der Waals surface area contributed by atoms with E-state index in [4.69, 9.17) is 26.2 Å². The predicted octanol–water partition coefficient (Wildman–Crippen LogP) is 7.91. The van der Waals surface area contributed by atoms with Gasteiger partial charge in [0.05, 0.1) is 18.4 Å². The molecule has 5 rings (SSSR count). The van der Waals surface area contributed by atoms with Gasteiger partial charge >= 0.3 is 0 Å². The number of nitrogens with zero attached hydrogens (tertiary/aromatic N) is 2. The van der Waals surface area contributed by atoms with Crippen LogP contribution in [-0.4, -0.2) is 17.3 Å². The number of hydrogen-bond acceptors (Lipinski definition) is 4. The highest BCUT2D eigenvalue weighted by molar-refractivity contribution is 9.10. The van der Waals surface area contributed by atoms with E-state index in [0.29, 0.717) is 0 Å². The fraction of sp³-hybridized carbons (Fsp3) is 0.296. The van der Waals surface area contributed by atoms with Crippen molar-refractivity contribution in [1.82, 2.24) is 5.01 Å². The fourth-order valence-corrected chi connectivity index (χ4v) is 4.87. The molecule has 6 heteroatoms. The molecule has 2 atom stereocenters. The molecule has 0 fully saturated rings. The summed E-state index contributed by atoms with van der Waals surface area (Å²) in [6.07, 6.45) is 3.96. The molecule has 0 unspecified atom stereocenters. The maximum atomic E-state index is 6.48. The number of unbranched alkanes of at least 4 members (excludes halogenated alkanes) is 2. The van der Waals surface area contributed by atoms with Crippen LogP contribution in [0, 0.1) is 0 Å². The number of hydrazone groups is 1. The molecule has 0 N–H and O–H groups in total. The van der Waals surface area contributed by atoms with Crippen molar-refractivity contribution in [2.24, 2.45) is 5.10 Å². The summed E-state index contributed by atoms with van der Waals surface area (Å²) < 4.78 is 13.4. The van der Waals surface area contributed by atoms with Gasteiger partial charge in [-0.05, 0) is 66.6 Å². The number of rotatable bonds is 7. The van der Waals surface area contributed by atoms with Gasteiger partial charge in [0.25, 0.3) is 0 Å². The van der Waals surface area contributed by atoms with Crippen LogP contribution in [0.25, 0.3) is 0 Å². The number of halogens is 2. The predicted molar refractivity (Wildman–Crippen MR) is 136 cm³/mol. The molecule has 170 valence electrons. The smallest absolute Gasteiger partial charge is 0.213 e. The second kappa shape index (κ2) is 9.78. The van der Waals surface area contributed by atoms with E-state index in [-0.39, 0.29) is 12.3 Å². The zero-order valence-electron chi connectivity index (χ0n) is 18.5. The van der Waals surface area contributed by atoms with E-state index in [9.17, 15) is 0 Å². The van der Waals surface area contributed by atoms with Gasteiger partial charge in [0.2, 0.25) is 6.23 Å². The summed E-state index contributed by atoms with van der Waals surface area (Å²) in [6, 6.07) is 22.4. The van der Waals surface area contributed by atoms with E-state index in [0.717, 1.165) is 62.8 Å². The van der Waals surface area contributed by atoms with Gasteiger partial charge in [0.1, 0.15) is 11.5 Å². The maximum absolute atomic E-state index is 6.48. The standard InChI is InChI=1S/C27H26BrClN2O2/c1-2-3-4-15-32-22-12-7-19(8-13-22)27-31-25(23-16-20(28)9-14-26(23)33-27)17-24(30-31)18-5-10-21(29)11-6-18/h5-14,16,25,27H,2-4,15,17H2,1H3/t25-,27+/m1/s1. The highest BCUT2D eigenvalue weighted by atomic mass is 79.9. The lowest BCUT2D eigenvalue weighted by molar-refractivity contribution is -0.0191. The second-order valence-corrected chi connectivity index (χ2v) is 9.78. The summed E-state index contributed by atoms with van der Waals surface area (Å²) in [4.78, 5) is 0. The van der Waals surface area contributed by atoms with E-state index >= 15 is 0 Å². The molecule has 2 aliphatic heterocycles. The first kappa shape index (κ1) is 22.3. The van der Waals surface area contributed by atoms with Crippen LogP contribution in [0.5, 0.6) is 11.5 Å². The zero-order chi connectivity index (χ0) is 22.8. The van der Waals surface area contributed by atoms with Crippen molar-refractivity contribution in [1.29, 1.82) is 0 Å². The summed E-state index contributed by atoms with van der Waals surface area (Å²) in [5, 5.41) is 7.84. The van der Waals surface area contributed by atoms with Gasteiger partial charge in [0.15, 0.2) is 0 Å². The van der Waals surface area contributed by atoms with E-state index in [1.54, 1.807) is 0 Å². The Hall–Kier alpha value is -2.50. The van der Waals surface area contributed by atoms with Gasteiger partial charge in [-0.3, -0.25) is 0 Å². The highest BCUT2D eigenvalue weighted by Crippen LogP contribution is 2.48. The van der Waals surface area contributed by atoms with Crippen LogP contribution in [0.2, 0.25) is 5.02 Å². The van der Waals surface area contributed by atoms with Crippen LogP contribution in [0.3, 0.4) is 0 Å². The number of benzene rings is 3. The first-order chi connectivity index (χ1) is 16.1. The van der Waals surface area contributed by atoms with Crippen LogP contribution >= 0.6 is 27.5 Å². The van der Waals surface area contributed by atoms with Gasteiger partial charge in [-0.15, -0.1) is 0 Å². The lowest BCUT2D eigenvalue weighted by atomic mass is 9.96. The minimum atomic E-state index is -0.303. The Morgan fingerprint density at radius 2 is 1.85 bits per heavy atom. The first-order valence-corrected chi connectivity index (χ1v) is 12.6. The molecule has 2 aliphatic rings.